The summed E-state index contributed by atoms with van der Waals surface area (Å²) in [5.41, 5.74) is 1.47. The van der Waals surface area contributed by atoms with Crippen LogP contribution in [0.5, 0.6) is 0 Å². The molecule has 1 N–H and O–H groups in total. The van der Waals surface area contributed by atoms with Crippen molar-refractivity contribution in [2.45, 2.75) is 66.5 Å². The van der Waals surface area contributed by atoms with Crippen LogP contribution in [0.3, 0.4) is 0 Å². The quantitative estimate of drug-likeness (QED) is 0.224. The molecule has 0 spiro atoms. The summed E-state index contributed by atoms with van der Waals surface area (Å²) in [5, 5.41) is 6.51. The fourth-order valence-electron chi connectivity index (χ4n) is 2.42. The molecule has 26 heavy (non-hydrogen) atoms. The highest BCUT2D eigenvalue weighted by atomic mass is 127. The molecule has 0 saturated carbocycles. The van der Waals surface area contributed by atoms with Crippen LogP contribution in [0, 0.1) is 5.41 Å². The largest absolute Gasteiger partial charge is 0.375 e. The van der Waals surface area contributed by atoms with E-state index in [1.807, 2.05) is 6.92 Å². The van der Waals surface area contributed by atoms with Crippen LogP contribution >= 0.6 is 35.3 Å². The number of methoxy groups -OCH3 is 1. The van der Waals surface area contributed by atoms with Gasteiger partial charge < -0.3 is 15.0 Å². The van der Waals surface area contributed by atoms with Crippen molar-refractivity contribution in [1.29, 1.82) is 0 Å². The normalized spacial score (nSPS) is 13.3. The Hall–Kier alpha value is -0.410. The molecule has 0 aliphatic rings. The predicted octanol–water partition coefficient (Wildman–Crippen LogP) is 5.08. The number of unbranched alkanes of at least 4 members (excludes halogenated alkanes) is 1. The second kappa shape index (κ2) is 12.9. The SMILES string of the molecule is CCNC(=NCCCCC(C)(C)C)N(C)Cc1csc(C(C)OC)n1.I. The van der Waals surface area contributed by atoms with Crippen LogP contribution in [0.2, 0.25) is 0 Å². The van der Waals surface area contributed by atoms with Crippen molar-refractivity contribution < 1.29 is 4.74 Å². The van der Waals surface area contributed by atoms with Crippen molar-refractivity contribution in [1.82, 2.24) is 15.2 Å². The minimum absolute atomic E-state index is 0. The summed E-state index contributed by atoms with van der Waals surface area (Å²) in [5.74, 6) is 0.951. The smallest absolute Gasteiger partial charge is 0.194 e. The van der Waals surface area contributed by atoms with Crippen molar-refractivity contribution in [2.75, 3.05) is 27.2 Å². The third kappa shape index (κ3) is 10.1. The topological polar surface area (TPSA) is 49.8 Å². The summed E-state index contributed by atoms with van der Waals surface area (Å²) in [6.07, 6.45) is 3.65. The second-order valence-corrected chi connectivity index (χ2v) is 8.55. The predicted molar refractivity (Wildman–Crippen MR) is 124 cm³/mol. The van der Waals surface area contributed by atoms with E-state index in [4.69, 9.17) is 9.73 Å². The lowest BCUT2D eigenvalue weighted by molar-refractivity contribution is 0.119. The molecule has 0 amide bonds. The van der Waals surface area contributed by atoms with Crippen molar-refractivity contribution in [2.24, 2.45) is 10.4 Å². The lowest BCUT2D eigenvalue weighted by atomic mass is 9.90. The van der Waals surface area contributed by atoms with E-state index in [1.165, 1.54) is 12.8 Å². The molecule has 5 nitrogen and oxygen atoms in total. The number of ether oxygens (including phenoxy) is 1. The minimum Gasteiger partial charge on any atom is -0.375 e. The van der Waals surface area contributed by atoms with Gasteiger partial charge in [0, 0.05) is 32.6 Å². The fourth-order valence-corrected chi connectivity index (χ4v) is 3.26. The van der Waals surface area contributed by atoms with Crippen molar-refractivity contribution >= 4 is 41.3 Å². The lowest BCUT2D eigenvalue weighted by Gasteiger charge is -2.21. The van der Waals surface area contributed by atoms with Crippen LogP contribution in [0.15, 0.2) is 10.4 Å². The summed E-state index contributed by atoms with van der Waals surface area (Å²) in [6, 6.07) is 0. The minimum atomic E-state index is 0. The van der Waals surface area contributed by atoms with Crippen LogP contribution in [0.25, 0.3) is 0 Å². The maximum absolute atomic E-state index is 5.34. The van der Waals surface area contributed by atoms with E-state index in [9.17, 15) is 0 Å². The first-order chi connectivity index (χ1) is 11.8. The maximum Gasteiger partial charge on any atom is 0.194 e. The number of guanidine groups is 1. The summed E-state index contributed by atoms with van der Waals surface area (Å²) in [6.45, 7) is 13.5. The first-order valence-corrected chi connectivity index (χ1v) is 10.1. The van der Waals surface area contributed by atoms with Gasteiger partial charge in [-0.3, -0.25) is 4.99 Å². The number of hydrogen-bond acceptors (Lipinski definition) is 4. The van der Waals surface area contributed by atoms with Gasteiger partial charge in [-0.05, 0) is 32.1 Å². The number of aromatic nitrogens is 1. The van der Waals surface area contributed by atoms with Gasteiger partial charge in [0.1, 0.15) is 11.1 Å². The van der Waals surface area contributed by atoms with Gasteiger partial charge in [-0.2, -0.15) is 0 Å². The molecule has 0 aliphatic heterocycles. The molecule has 152 valence electrons. The van der Waals surface area contributed by atoms with Gasteiger partial charge in [-0.15, -0.1) is 35.3 Å². The third-order valence-corrected chi connectivity index (χ3v) is 5.02. The number of thiazole rings is 1. The molecule has 0 aromatic carbocycles. The number of aliphatic imine (C=N–C) groups is 1. The van der Waals surface area contributed by atoms with Crippen LogP contribution in [-0.2, 0) is 11.3 Å². The summed E-state index contributed by atoms with van der Waals surface area (Å²) in [4.78, 5) is 11.6. The summed E-state index contributed by atoms with van der Waals surface area (Å²) < 4.78 is 5.34. The zero-order chi connectivity index (χ0) is 18.9. The van der Waals surface area contributed by atoms with E-state index in [-0.39, 0.29) is 30.1 Å². The Bertz CT molecular complexity index is 528. The Kier molecular flexibility index (Phi) is 12.7. The van der Waals surface area contributed by atoms with Gasteiger partial charge in [0.2, 0.25) is 0 Å². The van der Waals surface area contributed by atoms with Gasteiger partial charge in [0.25, 0.3) is 0 Å². The van der Waals surface area contributed by atoms with Crippen molar-refractivity contribution in [3.8, 4) is 0 Å². The molecule has 7 heteroatoms. The van der Waals surface area contributed by atoms with E-state index in [0.717, 1.165) is 42.7 Å². The fraction of sp³-hybridized carbons (Fsp3) is 0.789. The van der Waals surface area contributed by atoms with Gasteiger partial charge in [0.05, 0.1) is 12.2 Å². The van der Waals surface area contributed by atoms with Crippen LogP contribution in [0.1, 0.15) is 70.7 Å². The third-order valence-electron chi connectivity index (χ3n) is 3.96. The number of nitrogens with one attached hydrogen (secondary N) is 1. The van der Waals surface area contributed by atoms with Crippen LogP contribution < -0.4 is 5.32 Å². The molecule has 0 saturated heterocycles. The molecule has 0 bridgehead atoms. The highest BCUT2D eigenvalue weighted by molar-refractivity contribution is 14.0. The highest BCUT2D eigenvalue weighted by Gasteiger charge is 2.13. The lowest BCUT2D eigenvalue weighted by Crippen LogP contribution is -2.38. The van der Waals surface area contributed by atoms with Crippen LogP contribution in [0.4, 0.5) is 0 Å². The molecule has 1 unspecified atom stereocenters. The standard InChI is InChI=1S/C19H36N4OS.HI/c1-8-20-18(21-12-10-9-11-19(3,4)5)23(6)13-16-14-25-17(22-16)15(2)24-7;/h14-15H,8-13H2,1-7H3,(H,20,21);1H. The monoisotopic (exact) mass is 496 g/mol. The summed E-state index contributed by atoms with van der Waals surface area (Å²) in [7, 11) is 3.78. The van der Waals surface area contributed by atoms with E-state index in [1.54, 1.807) is 18.4 Å². The Morgan fingerprint density at radius 2 is 2.08 bits per heavy atom. The first kappa shape index (κ1) is 25.6. The molecule has 1 heterocycles. The molecule has 1 rings (SSSR count). The van der Waals surface area contributed by atoms with Crippen molar-refractivity contribution in [3.63, 3.8) is 0 Å². The van der Waals surface area contributed by atoms with Gasteiger partial charge in [-0.1, -0.05) is 27.2 Å². The highest BCUT2D eigenvalue weighted by Crippen LogP contribution is 2.22. The number of rotatable bonds is 9. The van der Waals surface area contributed by atoms with Crippen LogP contribution in [-0.4, -0.2) is 43.1 Å². The molecule has 0 fully saturated rings. The Morgan fingerprint density at radius 3 is 2.65 bits per heavy atom. The average Bonchev–Trinajstić information content (AvgIpc) is 3.00. The van der Waals surface area contributed by atoms with E-state index < -0.39 is 0 Å². The van der Waals surface area contributed by atoms with Gasteiger partial charge >= 0.3 is 0 Å². The molecule has 1 atom stereocenters. The van der Waals surface area contributed by atoms with E-state index in [2.05, 4.69) is 55.3 Å². The molecule has 1 aromatic rings. The summed E-state index contributed by atoms with van der Waals surface area (Å²) >= 11 is 1.65. The molecule has 1 aromatic heterocycles. The Balaban J connectivity index is 0.00000625. The number of hydrogen-bond donors (Lipinski definition) is 1. The second-order valence-electron chi connectivity index (χ2n) is 7.66. The van der Waals surface area contributed by atoms with E-state index >= 15 is 0 Å². The number of halogens is 1. The zero-order valence-corrected chi connectivity index (χ0v) is 20.6. The van der Waals surface area contributed by atoms with Crippen molar-refractivity contribution in [3.05, 3.63) is 16.1 Å². The Morgan fingerprint density at radius 1 is 1.38 bits per heavy atom. The zero-order valence-electron chi connectivity index (χ0n) is 17.5. The van der Waals surface area contributed by atoms with Gasteiger partial charge in [-0.25, -0.2) is 4.98 Å². The van der Waals surface area contributed by atoms with E-state index in [0.29, 0.717) is 5.41 Å². The molecular formula is C19H37IN4OS. The maximum atomic E-state index is 5.34. The molecule has 0 radical (unpaired) electrons. The van der Waals surface area contributed by atoms with Gasteiger partial charge in [0.15, 0.2) is 5.96 Å². The Labute approximate surface area is 181 Å². The molecular weight excluding hydrogens is 459 g/mol. The number of nitrogens with zero attached hydrogens (tertiary/aromatic N) is 3. The first-order valence-electron chi connectivity index (χ1n) is 9.23. The molecule has 0 aliphatic carbocycles. The average molecular weight is 497 g/mol.